The molecule has 0 aliphatic heterocycles. The molecule has 1 atom stereocenters. The topological polar surface area (TPSA) is 76.9 Å². The van der Waals surface area contributed by atoms with Crippen LogP contribution in [0, 0.1) is 0 Å². The predicted octanol–water partition coefficient (Wildman–Crippen LogP) is 2.51. The number of pyridine rings is 1. The lowest BCUT2D eigenvalue weighted by atomic mass is 10.1. The van der Waals surface area contributed by atoms with Gasteiger partial charge in [0.15, 0.2) is 0 Å². The Morgan fingerprint density at radius 2 is 1.79 bits per heavy atom. The summed E-state index contributed by atoms with van der Waals surface area (Å²) in [6.45, 7) is 1.63. The van der Waals surface area contributed by atoms with Crippen LogP contribution in [0.15, 0.2) is 71.7 Å². The number of hydrogen-bond donors (Lipinski definition) is 1. The molecule has 0 saturated carbocycles. The average molecular weight is 320 g/mol. The van der Waals surface area contributed by atoms with Crippen molar-refractivity contribution < 1.29 is 4.79 Å². The van der Waals surface area contributed by atoms with Crippen molar-refractivity contribution in [2.45, 2.75) is 13.0 Å². The Kier molecular flexibility index (Phi) is 4.47. The molecule has 2 aromatic heterocycles. The van der Waals surface area contributed by atoms with E-state index in [1.165, 1.54) is 10.7 Å². The number of nitrogens with one attached hydrogen (secondary N) is 1. The molecule has 0 saturated heterocycles. The minimum absolute atomic E-state index is 0.335. The van der Waals surface area contributed by atoms with Crippen LogP contribution in [0.25, 0.3) is 11.3 Å². The summed E-state index contributed by atoms with van der Waals surface area (Å²) in [6, 6.07) is 17.0. The Morgan fingerprint density at radius 1 is 1.04 bits per heavy atom. The molecule has 3 aromatic rings. The summed E-state index contributed by atoms with van der Waals surface area (Å²) in [5, 5.41) is 7.00. The van der Waals surface area contributed by atoms with Crippen molar-refractivity contribution in [2.24, 2.45) is 0 Å². The number of aromatic nitrogens is 3. The van der Waals surface area contributed by atoms with Crippen molar-refractivity contribution in [1.82, 2.24) is 14.8 Å². The van der Waals surface area contributed by atoms with E-state index in [9.17, 15) is 9.59 Å². The summed E-state index contributed by atoms with van der Waals surface area (Å²) < 4.78 is 1.18. The van der Waals surface area contributed by atoms with Gasteiger partial charge in [-0.2, -0.15) is 5.10 Å². The van der Waals surface area contributed by atoms with Crippen LogP contribution in [0.1, 0.15) is 13.0 Å². The highest BCUT2D eigenvalue weighted by molar-refractivity contribution is 5.92. The maximum atomic E-state index is 12.4. The molecule has 0 fully saturated rings. The smallest absolute Gasteiger partial charge is 0.267 e. The van der Waals surface area contributed by atoms with E-state index >= 15 is 0 Å². The molecule has 3 rings (SSSR count). The molecule has 1 N–H and O–H groups in total. The number of nitrogens with zero attached hydrogens (tertiary/aromatic N) is 3. The zero-order valence-electron chi connectivity index (χ0n) is 13.1. The fourth-order valence-corrected chi connectivity index (χ4v) is 2.24. The molecule has 6 nitrogen and oxygen atoms in total. The van der Waals surface area contributed by atoms with E-state index in [1.807, 2.05) is 30.3 Å². The van der Waals surface area contributed by atoms with Crippen LogP contribution in [0.2, 0.25) is 0 Å². The van der Waals surface area contributed by atoms with Gasteiger partial charge in [-0.15, -0.1) is 0 Å². The van der Waals surface area contributed by atoms with Crippen molar-refractivity contribution in [3.05, 3.63) is 77.2 Å². The summed E-state index contributed by atoms with van der Waals surface area (Å²) >= 11 is 0. The molecule has 0 aliphatic rings. The van der Waals surface area contributed by atoms with Gasteiger partial charge in [-0.25, -0.2) is 9.67 Å². The number of rotatable bonds is 4. The van der Waals surface area contributed by atoms with Crippen molar-refractivity contribution in [1.29, 1.82) is 0 Å². The monoisotopic (exact) mass is 320 g/mol. The van der Waals surface area contributed by atoms with E-state index in [0.29, 0.717) is 11.5 Å². The second kappa shape index (κ2) is 6.87. The van der Waals surface area contributed by atoms with Crippen LogP contribution in [0.5, 0.6) is 0 Å². The number of benzene rings is 1. The molecule has 0 spiro atoms. The van der Waals surface area contributed by atoms with Crippen LogP contribution in [-0.2, 0) is 4.79 Å². The molecule has 2 heterocycles. The third-order valence-corrected chi connectivity index (χ3v) is 3.56. The van der Waals surface area contributed by atoms with Gasteiger partial charge < -0.3 is 5.32 Å². The maximum Gasteiger partial charge on any atom is 0.267 e. The standard InChI is InChI=1S/C18H16N4O2/c1-13(18(24)20-16-9-5-6-12-19-16)22-17(23)11-10-15(21-22)14-7-3-2-4-8-14/h2-13H,1H3,(H,19,20,24)/t13-/m1/s1. The summed E-state index contributed by atoms with van der Waals surface area (Å²) in [6.07, 6.45) is 1.58. The molecule has 1 aromatic carbocycles. The Labute approximate surface area is 138 Å². The first-order valence-corrected chi connectivity index (χ1v) is 7.52. The fraction of sp³-hybridized carbons (Fsp3) is 0.111. The van der Waals surface area contributed by atoms with E-state index in [2.05, 4.69) is 15.4 Å². The molecule has 0 bridgehead atoms. The van der Waals surface area contributed by atoms with Crippen molar-refractivity contribution >= 4 is 11.7 Å². The van der Waals surface area contributed by atoms with Crippen molar-refractivity contribution in [2.75, 3.05) is 5.32 Å². The first kappa shape index (κ1) is 15.6. The Hall–Kier alpha value is -3.28. The number of amides is 1. The highest BCUT2D eigenvalue weighted by Gasteiger charge is 2.18. The minimum Gasteiger partial charge on any atom is -0.309 e. The van der Waals surface area contributed by atoms with Crippen LogP contribution >= 0.6 is 0 Å². The normalized spacial score (nSPS) is 11.7. The molecule has 1 amide bonds. The van der Waals surface area contributed by atoms with Gasteiger partial charge in [0.2, 0.25) is 5.91 Å². The number of carbonyl (C=O) groups excluding carboxylic acids is 1. The fourth-order valence-electron chi connectivity index (χ4n) is 2.24. The Morgan fingerprint density at radius 3 is 2.50 bits per heavy atom. The quantitative estimate of drug-likeness (QED) is 0.801. The molecule has 24 heavy (non-hydrogen) atoms. The third-order valence-electron chi connectivity index (χ3n) is 3.56. The van der Waals surface area contributed by atoms with E-state index in [-0.39, 0.29) is 11.5 Å². The van der Waals surface area contributed by atoms with E-state index in [1.54, 1.807) is 37.4 Å². The number of hydrogen-bond acceptors (Lipinski definition) is 4. The van der Waals surface area contributed by atoms with Gasteiger partial charge in [0.1, 0.15) is 11.9 Å². The van der Waals surface area contributed by atoms with E-state index in [4.69, 9.17) is 0 Å². The van der Waals surface area contributed by atoms with Crippen LogP contribution in [0.3, 0.4) is 0 Å². The van der Waals surface area contributed by atoms with Gasteiger partial charge in [0, 0.05) is 17.8 Å². The second-order valence-electron chi connectivity index (χ2n) is 5.25. The lowest BCUT2D eigenvalue weighted by Gasteiger charge is -2.14. The van der Waals surface area contributed by atoms with Gasteiger partial charge >= 0.3 is 0 Å². The first-order valence-electron chi connectivity index (χ1n) is 7.52. The van der Waals surface area contributed by atoms with Gasteiger partial charge in [-0.05, 0) is 25.1 Å². The summed E-state index contributed by atoms with van der Waals surface area (Å²) in [5.41, 5.74) is 1.18. The van der Waals surface area contributed by atoms with Gasteiger partial charge in [-0.1, -0.05) is 36.4 Å². The molecule has 0 aliphatic carbocycles. The van der Waals surface area contributed by atoms with Gasteiger partial charge in [0.05, 0.1) is 5.69 Å². The first-order chi connectivity index (χ1) is 11.6. The zero-order chi connectivity index (χ0) is 16.9. The SMILES string of the molecule is C[C@H](C(=O)Nc1ccccn1)n1nc(-c2ccccc2)ccc1=O. The zero-order valence-corrected chi connectivity index (χ0v) is 13.1. The molecule has 0 unspecified atom stereocenters. The van der Waals surface area contributed by atoms with Crippen LogP contribution in [0.4, 0.5) is 5.82 Å². The maximum absolute atomic E-state index is 12.4. The second-order valence-corrected chi connectivity index (χ2v) is 5.25. The molecule has 6 heteroatoms. The highest BCUT2D eigenvalue weighted by atomic mass is 16.2. The van der Waals surface area contributed by atoms with Gasteiger partial charge in [-0.3, -0.25) is 9.59 Å². The van der Waals surface area contributed by atoms with Crippen molar-refractivity contribution in [3.8, 4) is 11.3 Å². The lowest BCUT2D eigenvalue weighted by Crippen LogP contribution is -2.33. The average Bonchev–Trinajstić information content (AvgIpc) is 2.63. The predicted molar refractivity (Wildman–Crippen MR) is 91.5 cm³/mol. The third kappa shape index (κ3) is 3.38. The molecule has 0 radical (unpaired) electrons. The molecular formula is C18H16N4O2. The Bertz CT molecular complexity index is 892. The van der Waals surface area contributed by atoms with Gasteiger partial charge in [0.25, 0.3) is 5.56 Å². The summed E-state index contributed by atoms with van der Waals surface area (Å²) in [7, 11) is 0. The number of carbonyl (C=O) groups is 1. The summed E-state index contributed by atoms with van der Waals surface area (Å²) in [4.78, 5) is 28.5. The Balaban J connectivity index is 1.88. The van der Waals surface area contributed by atoms with Crippen molar-refractivity contribution in [3.63, 3.8) is 0 Å². The van der Waals surface area contributed by atoms with E-state index < -0.39 is 6.04 Å². The lowest BCUT2D eigenvalue weighted by molar-refractivity contribution is -0.119. The minimum atomic E-state index is -0.761. The van der Waals surface area contributed by atoms with Crippen LogP contribution in [-0.4, -0.2) is 20.7 Å². The largest absolute Gasteiger partial charge is 0.309 e. The van der Waals surface area contributed by atoms with E-state index in [0.717, 1.165) is 5.56 Å². The number of anilines is 1. The molecule has 120 valence electrons. The van der Waals surface area contributed by atoms with Crippen LogP contribution < -0.4 is 10.9 Å². The molecular weight excluding hydrogens is 304 g/mol. The highest BCUT2D eigenvalue weighted by Crippen LogP contribution is 2.15. The summed E-state index contributed by atoms with van der Waals surface area (Å²) in [5.74, 6) is 0.0788.